The first-order valence-corrected chi connectivity index (χ1v) is 11.5. The molecule has 0 heterocycles. The van der Waals surface area contributed by atoms with Crippen molar-refractivity contribution in [3.8, 4) is 11.1 Å². The fourth-order valence-corrected chi connectivity index (χ4v) is 4.41. The van der Waals surface area contributed by atoms with Crippen LogP contribution < -0.4 is 16.4 Å². The quantitative estimate of drug-likeness (QED) is 0.314. The van der Waals surface area contributed by atoms with E-state index in [2.05, 4.69) is 34.9 Å². The maximum absolute atomic E-state index is 12.3. The Kier molecular flexibility index (Phi) is 7.42. The van der Waals surface area contributed by atoms with E-state index < -0.39 is 18.3 Å². The van der Waals surface area contributed by atoms with Crippen LogP contribution in [0, 0.1) is 0 Å². The van der Waals surface area contributed by atoms with Crippen molar-refractivity contribution in [2.45, 2.75) is 24.5 Å². The van der Waals surface area contributed by atoms with E-state index in [4.69, 9.17) is 22.7 Å². The van der Waals surface area contributed by atoms with Gasteiger partial charge in [0.25, 0.3) is 0 Å². The number of hydrogen-bond donors (Lipinski definition) is 5. The first-order chi connectivity index (χ1) is 16.4. The van der Waals surface area contributed by atoms with Gasteiger partial charge in [0, 0.05) is 18.2 Å². The molecule has 0 aliphatic heterocycles. The number of fused-ring (bicyclic) bond motifs is 3. The fraction of sp³-hybridized carbons (Fsp3) is 0.231. The standard InChI is InChI=1S/C26H27N3O4S/c27-25(34)29-17-7-5-6-16(14-17)24(31)23(30)12-13-28-26(32)33-15-22-20-10-3-1-8-18(20)19-9-2-4-11-21(19)22/h1-11,14,22-24,30-31H,12-13,15H2,(H,28,32)(H3,27,29,34). The second kappa shape index (κ2) is 10.6. The molecule has 0 radical (unpaired) electrons. The molecule has 0 saturated carbocycles. The van der Waals surface area contributed by atoms with E-state index >= 15 is 0 Å². The number of anilines is 1. The zero-order valence-corrected chi connectivity index (χ0v) is 19.3. The third-order valence-corrected chi connectivity index (χ3v) is 6.02. The molecule has 0 bridgehead atoms. The van der Waals surface area contributed by atoms with Crippen molar-refractivity contribution in [1.82, 2.24) is 5.32 Å². The van der Waals surface area contributed by atoms with Gasteiger partial charge in [0.15, 0.2) is 5.11 Å². The highest BCUT2D eigenvalue weighted by molar-refractivity contribution is 7.80. The van der Waals surface area contributed by atoms with E-state index in [-0.39, 0.29) is 30.6 Å². The minimum Gasteiger partial charge on any atom is -0.449 e. The second-order valence-corrected chi connectivity index (χ2v) is 8.61. The summed E-state index contributed by atoms with van der Waals surface area (Å²) >= 11 is 4.82. The van der Waals surface area contributed by atoms with Crippen LogP contribution in [0.25, 0.3) is 11.1 Å². The third-order valence-electron chi connectivity index (χ3n) is 5.91. The van der Waals surface area contributed by atoms with Crippen LogP contribution in [0.4, 0.5) is 10.5 Å². The van der Waals surface area contributed by atoms with Gasteiger partial charge in [0.2, 0.25) is 0 Å². The molecule has 3 aromatic carbocycles. The molecular formula is C26H27N3O4S. The number of nitrogens with one attached hydrogen (secondary N) is 2. The van der Waals surface area contributed by atoms with Crippen LogP contribution in [-0.2, 0) is 4.74 Å². The number of thiocarbonyl (C=S) groups is 1. The molecule has 7 nitrogen and oxygen atoms in total. The van der Waals surface area contributed by atoms with Crippen LogP contribution >= 0.6 is 12.2 Å². The molecule has 2 atom stereocenters. The van der Waals surface area contributed by atoms with Gasteiger partial charge < -0.3 is 31.3 Å². The number of alkyl carbamates (subject to hydrolysis) is 1. The van der Waals surface area contributed by atoms with E-state index in [0.717, 1.165) is 22.3 Å². The van der Waals surface area contributed by atoms with Gasteiger partial charge in [-0.3, -0.25) is 0 Å². The highest BCUT2D eigenvalue weighted by atomic mass is 32.1. The lowest BCUT2D eigenvalue weighted by Gasteiger charge is -2.19. The normalized spacial score (nSPS) is 13.9. The van der Waals surface area contributed by atoms with Crippen LogP contribution in [0.2, 0.25) is 0 Å². The number of amides is 1. The molecule has 176 valence electrons. The number of ether oxygens (including phenoxy) is 1. The van der Waals surface area contributed by atoms with Crippen molar-refractivity contribution in [2.75, 3.05) is 18.5 Å². The number of hydrogen-bond acceptors (Lipinski definition) is 5. The topological polar surface area (TPSA) is 117 Å². The van der Waals surface area contributed by atoms with Gasteiger partial charge in [-0.1, -0.05) is 60.7 Å². The fourth-order valence-electron chi connectivity index (χ4n) is 4.29. The Hall–Kier alpha value is -3.46. The van der Waals surface area contributed by atoms with E-state index in [0.29, 0.717) is 11.3 Å². The maximum Gasteiger partial charge on any atom is 0.407 e. The summed E-state index contributed by atoms with van der Waals surface area (Å²) in [5, 5.41) is 26.4. The lowest BCUT2D eigenvalue weighted by atomic mass is 9.98. The number of rotatable bonds is 8. The zero-order chi connectivity index (χ0) is 24.1. The molecule has 6 N–H and O–H groups in total. The van der Waals surface area contributed by atoms with Gasteiger partial charge in [-0.25, -0.2) is 4.79 Å². The summed E-state index contributed by atoms with van der Waals surface area (Å²) in [6.07, 6.45) is -2.62. The Morgan fingerprint density at radius 2 is 1.65 bits per heavy atom. The smallest absolute Gasteiger partial charge is 0.407 e. The molecule has 0 saturated heterocycles. The summed E-state index contributed by atoms with van der Waals surface area (Å²) in [5.74, 6) is -0.0205. The molecule has 3 aromatic rings. The second-order valence-electron chi connectivity index (χ2n) is 8.17. The van der Waals surface area contributed by atoms with Crippen LogP contribution in [0.3, 0.4) is 0 Å². The van der Waals surface area contributed by atoms with Crippen molar-refractivity contribution in [3.05, 3.63) is 89.5 Å². The molecule has 0 aromatic heterocycles. The van der Waals surface area contributed by atoms with Crippen LogP contribution in [-0.4, -0.2) is 40.7 Å². The van der Waals surface area contributed by atoms with Crippen LogP contribution in [0.15, 0.2) is 72.8 Å². The molecule has 1 aliphatic rings. The predicted molar refractivity (Wildman–Crippen MR) is 136 cm³/mol. The minimum atomic E-state index is -1.13. The number of carbonyl (C=O) groups excluding carboxylic acids is 1. The molecule has 4 rings (SSSR count). The average molecular weight is 478 g/mol. The Morgan fingerprint density at radius 1 is 1.00 bits per heavy atom. The summed E-state index contributed by atoms with van der Waals surface area (Å²) in [6.45, 7) is 0.369. The minimum absolute atomic E-state index is 0.0205. The zero-order valence-electron chi connectivity index (χ0n) is 18.5. The van der Waals surface area contributed by atoms with Crippen molar-refractivity contribution in [1.29, 1.82) is 0 Å². The molecular weight excluding hydrogens is 450 g/mol. The largest absolute Gasteiger partial charge is 0.449 e. The van der Waals surface area contributed by atoms with Gasteiger partial charge in [0.05, 0.1) is 6.10 Å². The molecule has 34 heavy (non-hydrogen) atoms. The summed E-state index contributed by atoms with van der Waals surface area (Å²) in [4.78, 5) is 12.3. The third kappa shape index (κ3) is 5.36. The first-order valence-electron chi connectivity index (χ1n) is 11.1. The van der Waals surface area contributed by atoms with E-state index in [1.54, 1.807) is 24.3 Å². The number of aliphatic hydroxyl groups excluding tert-OH is 2. The Morgan fingerprint density at radius 3 is 2.29 bits per heavy atom. The summed E-state index contributed by atoms with van der Waals surface area (Å²) < 4.78 is 5.49. The van der Waals surface area contributed by atoms with Crippen molar-refractivity contribution >= 4 is 29.1 Å². The van der Waals surface area contributed by atoms with E-state index in [1.807, 2.05) is 24.3 Å². The van der Waals surface area contributed by atoms with Gasteiger partial charge in [-0.05, 0) is 58.6 Å². The van der Waals surface area contributed by atoms with Crippen molar-refractivity contribution in [3.63, 3.8) is 0 Å². The number of aliphatic hydroxyl groups is 2. The Labute approximate surface area is 203 Å². The lowest BCUT2D eigenvalue weighted by Crippen LogP contribution is -2.30. The average Bonchev–Trinajstić information content (AvgIpc) is 3.15. The molecule has 0 fully saturated rings. The van der Waals surface area contributed by atoms with E-state index in [9.17, 15) is 15.0 Å². The molecule has 0 spiro atoms. The van der Waals surface area contributed by atoms with Crippen LogP contribution in [0.5, 0.6) is 0 Å². The van der Waals surface area contributed by atoms with Gasteiger partial charge in [0.1, 0.15) is 12.7 Å². The number of carbonyl (C=O) groups is 1. The SMILES string of the molecule is NC(=S)Nc1cccc(C(O)C(O)CCNC(=O)OCC2c3ccccc3-c3ccccc32)c1. The molecule has 1 amide bonds. The predicted octanol–water partition coefficient (Wildman–Crippen LogP) is 3.67. The lowest BCUT2D eigenvalue weighted by molar-refractivity contribution is 0.0137. The summed E-state index contributed by atoms with van der Waals surface area (Å²) in [7, 11) is 0. The highest BCUT2D eigenvalue weighted by Gasteiger charge is 2.29. The Bertz CT molecular complexity index is 1140. The van der Waals surface area contributed by atoms with E-state index in [1.165, 1.54) is 0 Å². The van der Waals surface area contributed by atoms with Crippen molar-refractivity contribution in [2.24, 2.45) is 5.73 Å². The summed E-state index contributed by atoms with van der Waals surface area (Å²) in [5.41, 5.74) is 11.2. The van der Waals surface area contributed by atoms with Crippen LogP contribution in [0.1, 0.15) is 35.1 Å². The monoisotopic (exact) mass is 477 g/mol. The van der Waals surface area contributed by atoms with Crippen molar-refractivity contribution < 1.29 is 19.7 Å². The van der Waals surface area contributed by atoms with Gasteiger partial charge in [-0.15, -0.1) is 0 Å². The maximum atomic E-state index is 12.3. The number of benzene rings is 3. The summed E-state index contributed by atoms with van der Waals surface area (Å²) in [6, 6.07) is 23.1. The number of nitrogens with two attached hydrogens (primary N) is 1. The molecule has 8 heteroatoms. The van der Waals surface area contributed by atoms with Gasteiger partial charge >= 0.3 is 6.09 Å². The highest BCUT2D eigenvalue weighted by Crippen LogP contribution is 2.44. The van der Waals surface area contributed by atoms with Gasteiger partial charge in [-0.2, -0.15) is 0 Å². The Balaban J connectivity index is 1.27. The molecule has 2 unspecified atom stereocenters. The molecule has 1 aliphatic carbocycles. The first kappa shape index (κ1) is 23.7.